The van der Waals surface area contributed by atoms with E-state index in [1.807, 2.05) is 6.92 Å². The van der Waals surface area contributed by atoms with Gasteiger partial charge in [0.2, 0.25) is 5.91 Å². The molecule has 0 spiro atoms. The van der Waals surface area contributed by atoms with E-state index in [1.54, 1.807) is 35.0 Å². The standard InChI is InChI=1S/C19H18FN3O2/c1-11-2-6-15(20)18(14(11)10-24)13-5-7-17-21-16(9-23(17)8-13)22-19(25)12-3-4-12/h2,5-9,12,24H,3-4,10H2,1H3,(H,22,25). The van der Waals surface area contributed by atoms with Gasteiger partial charge in [-0.2, -0.15) is 0 Å². The number of aliphatic hydroxyl groups excluding tert-OH is 1. The van der Waals surface area contributed by atoms with Crippen molar-refractivity contribution in [3.05, 3.63) is 53.6 Å². The number of anilines is 1. The number of carbonyl (C=O) groups is 1. The Labute approximate surface area is 144 Å². The van der Waals surface area contributed by atoms with Crippen LogP contribution in [0.15, 0.2) is 36.7 Å². The highest BCUT2D eigenvalue weighted by Crippen LogP contribution is 2.31. The number of aryl methyl sites for hydroxylation is 1. The molecule has 1 aliphatic carbocycles. The number of pyridine rings is 1. The number of imidazole rings is 1. The van der Waals surface area contributed by atoms with Crippen LogP contribution in [0.25, 0.3) is 16.8 Å². The summed E-state index contributed by atoms with van der Waals surface area (Å²) in [6.45, 7) is 1.61. The molecule has 1 aromatic carbocycles. The second-order valence-electron chi connectivity index (χ2n) is 6.45. The molecule has 5 nitrogen and oxygen atoms in total. The van der Waals surface area contributed by atoms with E-state index >= 15 is 0 Å². The molecule has 1 aliphatic rings. The average Bonchev–Trinajstić information content (AvgIpc) is 3.37. The van der Waals surface area contributed by atoms with E-state index in [1.165, 1.54) is 6.07 Å². The number of carbonyl (C=O) groups excluding carboxylic acids is 1. The number of hydrogen-bond donors (Lipinski definition) is 2. The Morgan fingerprint density at radius 1 is 1.32 bits per heavy atom. The van der Waals surface area contributed by atoms with Crippen LogP contribution in [0, 0.1) is 18.7 Å². The Balaban J connectivity index is 1.74. The Hall–Kier alpha value is -2.73. The van der Waals surface area contributed by atoms with Gasteiger partial charge in [0.15, 0.2) is 5.82 Å². The first-order valence-corrected chi connectivity index (χ1v) is 8.25. The molecule has 2 N–H and O–H groups in total. The van der Waals surface area contributed by atoms with Gasteiger partial charge >= 0.3 is 0 Å². The Bertz CT molecular complexity index is 976. The largest absolute Gasteiger partial charge is 0.392 e. The normalized spacial score (nSPS) is 14.0. The van der Waals surface area contributed by atoms with Gasteiger partial charge in [0.25, 0.3) is 0 Å². The lowest BCUT2D eigenvalue weighted by molar-refractivity contribution is -0.117. The zero-order valence-electron chi connectivity index (χ0n) is 13.8. The van der Waals surface area contributed by atoms with E-state index < -0.39 is 0 Å². The predicted octanol–water partition coefficient (Wildman–Crippen LogP) is 3.29. The predicted molar refractivity (Wildman–Crippen MR) is 92.6 cm³/mol. The van der Waals surface area contributed by atoms with Crippen LogP contribution in [0.4, 0.5) is 10.2 Å². The Morgan fingerprint density at radius 3 is 2.84 bits per heavy atom. The van der Waals surface area contributed by atoms with Crippen LogP contribution in [-0.4, -0.2) is 20.4 Å². The van der Waals surface area contributed by atoms with E-state index in [4.69, 9.17) is 0 Å². The maximum atomic E-state index is 14.4. The van der Waals surface area contributed by atoms with Gasteiger partial charge < -0.3 is 14.8 Å². The first kappa shape index (κ1) is 15.8. The molecule has 128 valence electrons. The SMILES string of the molecule is Cc1ccc(F)c(-c2ccc3nc(NC(=O)C4CC4)cn3c2)c1CO. The maximum Gasteiger partial charge on any atom is 0.228 e. The summed E-state index contributed by atoms with van der Waals surface area (Å²) in [7, 11) is 0. The summed E-state index contributed by atoms with van der Waals surface area (Å²) < 4.78 is 16.1. The lowest BCUT2D eigenvalue weighted by Crippen LogP contribution is -2.13. The topological polar surface area (TPSA) is 66.6 Å². The molecule has 3 aromatic rings. The molecule has 25 heavy (non-hydrogen) atoms. The lowest BCUT2D eigenvalue weighted by atomic mass is 9.97. The summed E-state index contributed by atoms with van der Waals surface area (Å²) in [6.07, 6.45) is 5.33. The van der Waals surface area contributed by atoms with Crippen LogP contribution in [0.1, 0.15) is 24.0 Å². The molecule has 0 radical (unpaired) electrons. The van der Waals surface area contributed by atoms with Crippen LogP contribution in [0.3, 0.4) is 0 Å². The Kier molecular flexibility index (Phi) is 3.77. The summed E-state index contributed by atoms with van der Waals surface area (Å²) in [5, 5.41) is 12.4. The minimum atomic E-state index is -0.378. The van der Waals surface area contributed by atoms with E-state index in [2.05, 4.69) is 10.3 Å². The molecule has 0 saturated heterocycles. The minimum absolute atomic E-state index is 0.00377. The number of hydrogen-bond acceptors (Lipinski definition) is 3. The zero-order valence-corrected chi connectivity index (χ0v) is 13.8. The van der Waals surface area contributed by atoms with Gasteiger partial charge in [0, 0.05) is 23.2 Å². The number of nitrogens with one attached hydrogen (secondary N) is 1. The van der Waals surface area contributed by atoms with Crippen molar-refractivity contribution in [2.45, 2.75) is 26.4 Å². The number of aromatic nitrogens is 2. The van der Waals surface area contributed by atoms with Crippen molar-refractivity contribution in [2.24, 2.45) is 5.92 Å². The average molecular weight is 339 g/mol. The smallest absolute Gasteiger partial charge is 0.228 e. The number of fused-ring (bicyclic) bond motifs is 1. The van der Waals surface area contributed by atoms with Gasteiger partial charge in [-0.15, -0.1) is 0 Å². The molecule has 2 heterocycles. The van der Waals surface area contributed by atoms with Crippen molar-refractivity contribution >= 4 is 17.4 Å². The van der Waals surface area contributed by atoms with E-state index in [-0.39, 0.29) is 24.2 Å². The van der Waals surface area contributed by atoms with Crippen molar-refractivity contribution in [1.82, 2.24) is 9.38 Å². The van der Waals surface area contributed by atoms with Gasteiger partial charge in [-0.25, -0.2) is 9.37 Å². The third-order valence-electron chi connectivity index (χ3n) is 4.59. The summed E-state index contributed by atoms with van der Waals surface area (Å²) in [5.41, 5.74) is 3.11. The van der Waals surface area contributed by atoms with Crippen LogP contribution >= 0.6 is 0 Å². The van der Waals surface area contributed by atoms with Crippen LogP contribution < -0.4 is 5.32 Å². The highest BCUT2D eigenvalue weighted by atomic mass is 19.1. The molecule has 6 heteroatoms. The molecule has 0 atom stereocenters. The molecular formula is C19H18FN3O2. The molecule has 1 amide bonds. The highest BCUT2D eigenvalue weighted by Gasteiger charge is 2.30. The summed E-state index contributed by atoms with van der Waals surface area (Å²) in [6, 6.07) is 6.60. The van der Waals surface area contributed by atoms with Gasteiger partial charge in [-0.1, -0.05) is 6.07 Å². The lowest BCUT2D eigenvalue weighted by Gasteiger charge is -2.12. The fourth-order valence-corrected chi connectivity index (χ4v) is 3.01. The maximum absolute atomic E-state index is 14.4. The van der Waals surface area contributed by atoms with Crippen molar-refractivity contribution in [3.63, 3.8) is 0 Å². The number of benzene rings is 1. The summed E-state index contributed by atoms with van der Waals surface area (Å²) >= 11 is 0. The van der Waals surface area contributed by atoms with Gasteiger partial charge in [-0.3, -0.25) is 4.79 Å². The van der Waals surface area contributed by atoms with Crippen LogP contribution in [-0.2, 0) is 11.4 Å². The number of halogens is 1. The van der Waals surface area contributed by atoms with Crippen molar-refractivity contribution in [1.29, 1.82) is 0 Å². The van der Waals surface area contributed by atoms with Gasteiger partial charge in [0.05, 0.1) is 12.8 Å². The van der Waals surface area contributed by atoms with Crippen molar-refractivity contribution in [3.8, 4) is 11.1 Å². The third-order valence-corrected chi connectivity index (χ3v) is 4.59. The number of nitrogens with zero attached hydrogens (tertiary/aromatic N) is 2. The monoisotopic (exact) mass is 339 g/mol. The first-order chi connectivity index (χ1) is 12.1. The van der Waals surface area contributed by atoms with E-state index in [0.29, 0.717) is 28.2 Å². The van der Waals surface area contributed by atoms with Crippen LogP contribution in [0.5, 0.6) is 0 Å². The van der Waals surface area contributed by atoms with E-state index in [9.17, 15) is 14.3 Å². The van der Waals surface area contributed by atoms with Crippen molar-refractivity contribution in [2.75, 3.05) is 5.32 Å². The minimum Gasteiger partial charge on any atom is -0.392 e. The van der Waals surface area contributed by atoms with E-state index in [0.717, 1.165) is 18.4 Å². The fraction of sp³-hybridized carbons (Fsp3) is 0.263. The first-order valence-electron chi connectivity index (χ1n) is 8.25. The molecule has 0 aliphatic heterocycles. The van der Waals surface area contributed by atoms with Gasteiger partial charge in [-0.05, 0) is 49.1 Å². The highest BCUT2D eigenvalue weighted by molar-refractivity contribution is 5.93. The molecule has 1 saturated carbocycles. The molecule has 2 aromatic heterocycles. The quantitative estimate of drug-likeness (QED) is 0.766. The second kappa shape index (κ2) is 5.97. The third kappa shape index (κ3) is 2.89. The molecule has 4 rings (SSSR count). The van der Waals surface area contributed by atoms with Crippen LogP contribution in [0.2, 0.25) is 0 Å². The zero-order chi connectivity index (χ0) is 17.6. The fourth-order valence-electron chi connectivity index (χ4n) is 3.01. The summed E-state index contributed by atoms with van der Waals surface area (Å²) in [4.78, 5) is 16.2. The molecule has 1 fully saturated rings. The number of amides is 1. The second-order valence-corrected chi connectivity index (χ2v) is 6.45. The Morgan fingerprint density at radius 2 is 2.12 bits per heavy atom. The molecular weight excluding hydrogens is 321 g/mol. The van der Waals surface area contributed by atoms with Gasteiger partial charge in [0.1, 0.15) is 11.5 Å². The summed E-state index contributed by atoms with van der Waals surface area (Å²) in [5.74, 6) is 0.210. The van der Waals surface area contributed by atoms with Crippen molar-refractivity contribution < 1.29 is 14.3 Å². The molecule has 0 bridgehead atoms. The number of aliphatic hydroxyl groups is 1. The number of rotatable bonds is 4. The molecule has 0 unspecified atom stereocenters.